The van der Waals surface area contributed by atoms with Crippen molar-refractivity contribution in [3.63, 3.8) is 0 Å². The van der Waals surface area contributed by atoms with Crippen LogP contribution in [-0.4, -0.2) is 57.0 Å². The van der Waals surface area contributed by atoms with Crippen molar-refractivity contribution in [2.45, 2.75) is 12.2 Å². The fourth-order valence-corrected chi connectivity index (χ4v) is 0.620. The largest absolute Gasteiger partial charge is 1.00 e. The van der Waals surface area contributed by atoms with Crippen molar-refractivity contribution in [2.24, 2.45) is 0 Å². The minimum Gasteiger partial charge on any atom is 1.00 e. The Morgan fingerprint density at radius 3 is 1.92 bits per heavy atom. The van der Waals surface area contributed by atoms with Gasteiger partial charge in [-0.1, -0.05) is 0 Å². The van der Waals surface area contributed by atoms with Crippen molar-refractivity contribution < 1.29 is 63.7 Å². The van der Waals surface area contributed by atoms with E-state index < -0.39 is 24.1 Å². The molecule has 0 aromatic carbocycles. The van der Waals surface area contributed by atoms with Crippen LogP contribution in [0.2, 0.25) is 0 Å². The molecule has 4 N–H and O–H groups in total. The van der Waals surface area contributed by atoms with Crippen LogP contribution in [0.1, 0.15) is 0 Å². The molecular weight excluding hydrogens is 258 g/mol. The molecule has 0 saturated carbocycles. The molecule has 0 rings (SSSR count). The van der Waals surface area contributed by atoms with Gasteiger partial charge in [-0.2, -0.15) is 0 Å². The SMILES string of the molecule is O.O=C([O-])C(O)C(O)C(=O)O[AsH2].[Na+]. The third kappa shape index (κ3) is 6.45. The second kappa shape index (κ2) is 8.95. The molecule has 72 valence electrons. The predicted molar refractivity (Wildman–Crippen MR) is 35.3 cm³/mol. The first-order valence-electron chi connectivity index (χ1n) is 2.48. The molecule has 3 atom stereocenters. The van der Waals surface area contributed by atoms with Gasteiger partial charge in [0.25, 0.3) is 0 Å². The Kier molecular flexibility index (Phi) is 13.1. The molecule has 7 nitrogen and oxygen atoms in total. The summed E-state index contributed by atoms with van der Waals surface area (Å²) in [5.41, 5.74) is 0. The van der Waals surface area contributed by atoms with Crippen LogP contribution in [0, 0.1) is 0 Å². The number of hydrogen-bond donors (Lipinski definition) is 2. The average Bonchev–Trinajstić information content (AvgIpc) is 2.00. The van der Waals surface area contributed by atoms with Crippen molar-refractivity contribution >= 4 is 29.1 Å². The van der Waals surface area contributed by atoms with Crippen LogP contribution >= 0.6 is 0 Å². The Bertz CT molecular complexity index is 174. The maximum atomic E-state index is 10.3. The smallest absolute Gasteiger partial charge is 1.00 e. The summed E-state index contributed by atoms with van der Waals surface area (Å²) in [6, 6.07) is 0. The zero-order chi connectivity index (χ0) is 9.02. The summed E-state index contributed by atoms with van der Waals surface area (Å²) in [6.07, 6.45) is -4.31. The van der Waals surface area contributed by atoms with Crippen molar-refractivity contribution in [1.82, 2.24) is 0 Å². The molecule has 0 amide bonds. The molecule has 13 heavy (non-hydrogen) atoms. The number of carbonyl (C=O) groups is 2. The van der Waals surface area contributed by atoms with E-state index in [0.717, 1.165) is 0 Å². The maximum Gasteiger partial charge on any atom is 1.00 e. The number of aliphatic carboxylic acids is 1. The van der Waals surface area contributed by atoms with Crippen LogP contribution in [0.25, 0.3) is 0 Å². The van der Waals surface area contributed by atoms with Gasteiger partial charge in [-0.05, 0) is 0 Å². The summed E-state index contributed by atoms with van der Waals surface area (Å²) < 4.78 is 4.01. The van der Waals surface area contributed by atoms with Gasteiger partial charge in [0.1, 0.15) is 0 Å². The summed E-state index contributed by atoms with van der Waals surface area (Å²) in [4.78, 5) is 20.2. The quantitative estimate of drug-likeness (QED) is 0.486. The summed E-state index contributed by atoms with van der Waals surface area (Å²) in [6.45, 7) is 0. The summed E-state index contributed by atoms with van der Waals surface area (Å²) in [7, 11) is 0. The van der Waals surface area contributed by atoms with Gasteiger partial charge in [0.05, 0.1) is 0 Å². The fourth-order valence-electron chi connectivity index (χ4n) is 0.328. The van der Waals surface area contributed by atoms with Gasteiger partial charge in [-0.3, -0.25) is 0 Å². The zero-order valence-electron chi connectivity index (χ0n) is 6.76. The van der Waals surface area contributed by atoms with E-state index in [0.29, 0.717) is 17.2 Å². The first kappa shape index (κ1) is 19.0. The molecule has 0 aliphatic rings. The van der Waals surface area contributed by atoms with Gasteiger partial charge in [-0.25, -0.2) is 0 Å². The van der Waals surface area contributed by atoms with E-state index in [-0.39, 0.29) is 35.0 Å². The van der Waals surface area contributed by atoms with Crippen LogP contribution < -0.4 is 34.7 Å². The van der Waals surface area contributed by atoms with Crippen molar-refractivity contribution in [2.75, 3.05) is 0 Å². The summed E-state index contributed by atoms with van der Waals surface area (Å²) in [5, 5.41) is 26.9. The van der Waals surface area contributed by atoms with Gasteiger partial charge in [0.15, 0.2) is 0 Å². The minimum absolute atomic E-state index is 0. The number of carboxylic acid groups (broad SMARTS) is 1. The monoisotopic (exact) mass is 266 g/mol. The van der Waals surface area contributed by atoms with Gasteiger partial charge in [0.2, 0.25) is 0 Å². The molecule has 0 aromatic rings. The molecule has 0 spiro atoms. The van der Waals surface area contributed by atoms with E-state index >= 15 is 0 Å². The first-order chi connectivity index (χ1) is 5.00. The molecule has 0 heterocycles. The molecule has 0 aromatic heterocycles. The zero-order valence-corrected chi connectivity index (χ0v) is 11.2. The van der Waals surface area contributed by atoms with E-state index in [2.05, 4.69) is 3.73 Å². The Morgan fingerprint density at radius 2 is 1.69 bits per heavy atom. The van der Waals surface area contributed by atoms with Crippen LogP contribution in [0.5, 0.6) is 0 Å². The molecule has 0 fully saturated rings. The number of carbonyl (C=O) groups excluding carboxylic acids is 2. The fraction of sp³-hybridized carbons (Fsp3) is 0.500. The van der Waals surface area contributed by atoms with Gasteiger partial charge < -0.3 is 5.48 Å². The number of aliphatic hydroxyl groups is 2. The molecule has 0 bridgehead atoms. The average molecular weight is 266 g/mol. The Labute approximate surface area is 105 Å². The molecule has 0 aliphatic carbocycles. The second-order valence-electron chi connectivity index (χ2n) is 1.65. The first-order valence-corrected chi connectivity index (χ1v) is 3.47. The van der Waals surface area contributed by atoms with E-state index in [1.165, 1.54) is 0 Å². The number of aliphatic hydroxyl groups excluding tert-OH is 2. The number of rotatable bonds is 3. The van der Waals surface area contributed by atoms with Crippen LogP contribution in [0.4, 0.5) is 0 Å². The van der Waals surface area contributed by atoms with Crippen LogP contribution in [0.3, 0.4) is 0 Å². The van der Waals surface area contributed by atoms with Crippen LogP contribution in [-0.2, 0) is 13.3 Å². The Balaban J connectivity index is -0.000000500. The maximum absolute atomic E-state index is 10.3. The number of hydrogen-bond acceptors (Lipinski definition) is 6. The Morgan fingerprint density at radius 1 is 1.31 bits per heavy atom. The molecule has 0 radical (unpaired) electrons. The normalized spacial score (nSPS) is 12.8. The van der Waals surface area contributed by atoms with Crippen molar-refractivity contribution in [3.8, 4) is 0 Å². The summed E-state index contributed by atoms with van der Waals surface area (Å²) in [5.74, 6) is -3.11. The molecule has 3 unspecified atom stereocenters. The minimum atomic E-state index is -2.24. The molecule has 0 saturated heterocycles. The molecule has 0 aliphatic heterocycles. The van der Waals surface area contributed by atoms with Gasteiger partial charge in [-0.15, -0.1) is 0 Å². The molecular formula is C4H8AsNaO7. The third-order valence-electron chi connectivity index (χ3n) is 0.898. The Hall–Kier alpha value is 0.378. The van der Waals surface area contributed by atoms with E-state index in [4.69, 9.17) is 10.2 Å². The standard InChI is InChI=1S/C4H7AsO6.Na.H2O/c5-11-4(10)2(7)1(6)3(8)9;;/h1-2,6-7H,5H2,(H,8,9);;1H2/q;+1;/p-1. The second-order valence-corrected chi connectivity index (χ2v) is 2.14. The van der Waals surface area contributed by atoms with E-state index in [1.807, 2.05) is 0 Å². The van der Waals surface area contributed by atoms with Crippen molar-refractivity contribution in [1.29, 1.82) is 0 Å². The number of carboxylic acids is 1. The molecule has 9 heteroatoms. The topological polar surface area (TPSA) is 138 Å². The van der Waals surface area contributed by atoms with Gasteiger partial charge in [0, 0.05) is 0 Å². The van der Waals surface area contributed by atoms with Gasteiger partial charge >= 0.3 is 99.5 Å². The van der Waals surface area contributed by atoms with E-state index in [1.54, 1.807) is 0 Å². The predicted octanol–water partition coefficient (Wildman–Crippen LogP) is -8.27. The van der Waals surface area contributed by atoms with Crippen LogP contribution in [0.15, 0.2) is 0 Å². The van der Waals surface area contributed by atoms with E-state index in [9.17, 15) is 14.7 Å². The summed E-state index contributed by atoms with van der Waals surface area (Å²) >= 11 is 0.536. The third-order valence-corrected chi connectivity index (χ3v) is 1.39. The van der Waals surface area contributed by atoms with Crippen molar-refractivity contribution in [3.05, 3.63) is 0 Å².